The minimum atomic E-state index is -2.92. The normalized spacial score (nSPS) is 18.8. The maximum absolute atomic E-state index is 12.0. The number of hydrogen-bond acceptors (Lipinski definition) is 5. The van der Waals surface area contributed by atoms with Crippen LogP contribution in [-0.2, 0) is 9.84 Å². The molecule has 2 amide bonds. The van der Waals surface area contributed by atoms with E-state index in [9.17, 15) is 13.2 Å². The number of benzene rings is 1. The average Bonchev–Trinajstić information content (AvgIpc) is 3.19. The molecular formula is C18H23N3O3S2. The van der Waals surface area contributed by atoms with Crippen LogP contribution in [-0.4, -0.2) is 37.5 Å². The van der Waals surface area contributed by atoms with Gasteiger partial charge in [-0.1, -0.05) is 38.1 Å². The van der Waals surface area contributed by atoms with Gasteiger partial charge >= 0.3 is 6.03 Å². The van der Waals surface area contributed by atoms with Gasteiger partial charge in [-0.25, -0.2) is 18.2 Å². The van der Waals surface area contributed by atoms with Gasteiger partial charge in [-0.05, 0) is 23.8 Å². The van der Waals surface area contributed by atoms with Crippen LogP contribution in [0.1, 0.15) is 31.7 Å². The van der Waals surface area contributed by atoms with E-state index in [0.29, 0.717) is 24.0 Å². The van der Waals surface area contributed by atoms with Crippen LogP contribution in [0.2, 0.25) is 0 Å². The third kappa shape index (κ3) is 4.82. The lowest BCUT2D eigenvalue weighted by Crippen LogP contribution is -2.33. The average molecular weight is 394 g/mol. The van der Waals surface area contributed by atoms with Crippen LogP contribution in [0.4, 0.5) is 9.93 Å². The molecule has 0 radical (unpaired) electrons. The van der Waals surface area contributed by atoms with Crippen molar-refractivity contribution in [2.24, 2.45) is 5.92 Å². The summed E-state index contributed by atoms with van der Waals surface area (Å²) < 4.78 is 22.9. The Hall–Kier alpha value is -1.93. The smallest absolute Gasteiger partial charge is 0.321 e. The van der Waals surface area contributed by atoms with Crippen molar-refractivity contribution in [2.75, 3.05) is 23.4 Å². The summed E-state index contributed by atoms with van der Waals surface area (Å²) >= 11 is 1.36. The molecule has 2 aromatic rings. The number of carbonyl (C=O) groups is 1. The Morgan fingerprint density at radius 1 is 1.31 bits per heavy atom. The SMILES string of the molecule is CC(C)c1ccc(-c2csc(NC(=O)NC[C@H]3CCS(=O)(=O)C3)n2)cc1. The number of nitrogens with zero attached hydrogens (tertiary/aromatic N) is 1. The third-order valence-electron chi connectivity index (χ3n) is 4.48. The van der Waals surface area contributed by atoms with E-state index in [1.54, 1.807) is 0 Å². The van der Waals surface area contributed by atoms with Gasteiger partial charge in [-0.15, -0.1) is 11.3 Å². The molecule has 8 heteroatoms. The topological polar surface area (TPSA) is 88.2 Å². The van der Waals surface area contributed by atoms with E-state index in [1.807, 2.05) is 17.5 Å². The van der Waals surface area contributed by atoms with Crippen molar-refractivity contribution < 1.29 is 13.2 Å². The van der Waals surface area contributed by atoms with E-state index in [-0.39, 0.29) is 23.5 Å². The van der Waals surface area contributed by atoms with Crippen LogP contribution in [0.15, 0.2) is 29.6 Å². The summed E-state index contributed by atoms with van der Waals surface area (Å²) in [5.74, 6) is 0.848. The maximum Gasteiger partial charge on any atom is 0.321 e. The standard InChI is InChI=1S/C18H23N3O3S2/c1-12(2)14-3-5-15(6-4-14)16-10-25-18(20-16)21-17(22)19-9-13-7-8-26(23,24)11-13/h3-6,10,12-13H,7-9,11H2,1-2H3,(H2,19,20,21,22)/t13-/m1/s1. The molecule has 2 N–H and O–H groups in total. The molecule has 1 aliphatic rings. The van der Waals surface area contributed by atoms with Gasteiger partial charge in [-0.2, -0.15) is 0 Å². The summed E-state index contributed by atoms with van der Waals surface area (Å²) in [5.41, 5.74) is 3.10. The van der Waals surface area contributed by atoms with Gasteiger partial charge in [0.1, 0.15) is 0 Å². The van der Waals surface area contributed by atoms with Crippen molar-refractivity contribution in [1.82, 2.24) is 10.3 Å². The van der Waals surface area contributed by atoms with Crippen LogP contribution in [0.5, 0.6) is 0 Å². The molecule has 6 nitrogen and oxygen atoms in total. The van der Waals surface area contributed by atoms with Gasteiger partial charge in [0.2, 0.25) is 0 Å². The highest BCUT2D eigenvalue weighted by Gasteiger charge is 2.27. The van der Waals surface area contributed by atoms with Crippen molar-refractivity contribution in [3.63, 3.8) is 0 Å². The minimum Gasteiger partial charge on any atom is -0.337 e. The second kappa shape index (κ2) is 7.75. The van der Waals surface area contributed by atoms with Crippen LogP contribution in [0.3, 0.4) is 0 Å². The predicted octanol–water partition coefficient (Wildman–Crippen LogP) is 3.49. The Bertz CT molecular complexity index is 873. The Kier molecular flexibility index (Phi) is 5.62. The summed E-state index contributed by atoms with van der Waals surface area (Å²) in [6.07, 6.45) is 0.608. The molecule has 2 heterocycles. The molecule has 0 unspecified atom stereocenters. The van der Waals surface area contributed by atoms with E-state index in [0.717, 1.165) is 11.3 Å². The lowest BCUT2D eigenvalue weighted by Gasteiger charge is -2.09. The number of thiazole rings is 1. The van der Waals surface area contributed by atoms with Crippen molar-refractivity contribution >= 4 is 32.3 Å². The van der Waals surface area contributed by atoms with Crippen LogP contribution in [0.25, 0.3) is 11.3 Å². The first kappa shape index (κ1) is 18.8. The van der Waals surface area contributed by atoms with Gasteiger partial charge in [-0.3, -0.25) is 5.32 Å². The second-order valence-corrected chi connectivity index (χ2v) is 10.0. The van der Waals surface area contributed by atoms with E-state index in [2.05, 4.69) is 41.6 Å². The molecule has 1 fully saturated rings. The molecule has 26 heavy (non-hydrogen) atoms. The van der Waals surface area contributed by atoms with E-state index >= 15 is 0 Å². The predicted molar refractivity (Wildman–Crippen MR) is 105 cm³/mol. The lowest BCUT2D eigenvalue weighted by atomic mass is 10.0. The van der Waals surface area contributed by atoms with Crippen LogP contribution >= 0.6 is 11.3 Å². The van der Waals surface area contributed by atoms with E-state index in [4.69, 9.17) is 0 Å². The van der Waals surface area contributed by atoms with Crippen molar-refractivity contribution in [3.05, 3.63) is 35.2 Å². The van der Waals surface area contributed by atoms with Crippen LogP contribution in [0, 0.1) is 5.92 Å². The van der Waals surface area contributed by atoms with Crippen molar-refractivity contribution in [2.45, 2.75) is 26.2 Å². The lowest BCUT2D eigenvalue weighted by molar-refractivity contribution is 0.250. The molecular weight excluding hydrogens is 370 g/mol. The fourth-order valence-corrected chi connectivity index (χ4v) is 5.49. The molecule has 1 atom stereocenters. The highest BCUT2D eigenvalue weighted by atomic mass is 32.2. The highest BCUT2D eigenvalue weighted by molar-refractivity contribution is 7.91. The summed E-state index contributed by atoms with van der Waals surface area (Å²) in [7, 11) is -2.92. The molecule has 1 aliphatic heterocycles. The molecule has 0 saturated carbocycles. The number of sulfone groups is 1. The molecule has 1 aromatic carbocycles. The van der Waals surface area contributed by atoms with Crippen LogP contribution < -0.4 is 10.6 Å². The van der Waals surface area contributed by atoms with E-state index < -0.39 is 9.84 Å². The minimum absolute atomic E-state index is 0.00271. The molecule has 1 saturated heterocycles. The number of hydrogen-bond donors (Lipinski definition) is 2. The third-order valence-corrected chi connectivity index (χ3v) is 7.07. The Balaban J connectivity index is 1.54. The van der Waals surface area contributed by atoms with Gasteiger partial charge in [0, 0.05) is 17.5 Å². The number of nitrogens with one attached hydrogen (secondary N) is 2. The maximum atomic E-state index is 12.0. The first-order valence-corrected chi connectivity index (χ1v) is 11.3. The first-order valence-electron chi connectivity index (χ1n) is 8.63. The largest absolute Gasteiger partial charge is 0.337 e. The number of urea groups is 1. The van der Waals surface area contributed by atoms with Gasteiger partial charge in [0.25, 0.3) is 0 Å². The monoisotopic (exact) mass is 393 g/mol. The number of rotatable bonds is 5. The zero-order valence-corrected chi connectivity index (χ0v) is 16.5. The van der Waals surface area contributed by atoms with Crippen molar-refractivity contribution in [3.8, 4) is 11.3 Å². The first-order chi connectivity index (χ1) is 12.3. The zero-order chi connectivity index (χ0) is 18.7. The highest BCUT2D eigenvalue weighted by Crippen LogP contribution is 2.26. The number of aromatic nitrogens is 1. The van der Waals surface area contributed by atoms with Gasteiger partial charge in [0.15, 0.2) is 15.0 Å². The fraction of sp³-hybridized carbons (Fsp3) is 0.444. The summed E-state index contributed by atoms with van der Waals surface area (Å²) in [6, 6.07) is 7.90. The van der Waals surface area contributed by atoms with Crippen molar-refractivity contribution in [1.29, 1.82) is 0 Å². The zero-order valence-electron chi connectivity index (χ0n) is 14.9. The number of amides is 2. The number of carbonyl (C=O) groups excluding carboxylic acids is 1. The molecule has 140 valence electrons. The Morgan fingerprint density at radius 2 is 2.04 bits per heavy atom. The van der Waals surface area contributed by atoms with Gasteiger partial charge < -0.3 is 5.32 Å². The summed E-state index contributed by atoms with van der Waals surface area (Å²) in [6.45, 7) is 4.67. The van der Waals surface area contributed by atoms with E-state index in [1.165, 1.54) is 16.9 Å². The fourth-order valence-electron chi connectivity index (χ4n) is 2.91. The van der Waals surface area contributed by atoms with Gasteiger partial charge in [0.05, 0.1) is 17.2 Å². The number of anilines is 1. The summed E-state index contributed by atoms with van der Waals surface area (Å²) in [4.78, 5) is 16.4. The molecule has 0 aliphatic carbocycles. The summed E-state index contributed by atoms with van der Waals surface area (Å²) in [5, 5.41) is 7.87. The molecule has 0 spiro atoms. The molecule has 1 aromatic heterocycles. The Labute approximate surface area is 158 Å². The Morgan fingerprint density at radius 3 is 2.65 bits per heavy atom. The second-order valence-electron chi connectivity index (χ2n) is 6.92. The quantitative estimate of drug-likeness (QED) is 0.814. The molecule has 3 rings (SSSR count). The molecule has 0 bridgehead atoms.